The Morgan fingerprint density at radius 1 is 1.53 bits per heavy atom. The third-order valence-corrected chi connectivity index (χ3v) is 2.57. The van der Waals surface area contributed by atoms with E-state index >= 15 is 0 Å². The number of carbonyl (C=O) groups is 1. The predicted molar refractivity (Wildman–Crippen MR) is 64.5 cm³/mol. The van der Waals surface area contributed by atoms with Crippen molar-refractivity contribution in [3.05, 3.63) is 45.1 Å². The summed E-state index contributed by atoms with van der Waals surface area (Å²) >= 11 is 6.22. The number of rotatable bonds is 3. The van der Waals surface area contributed by atoms with Crippen LogP contribution < -0.4 is 5.32 Å². The molecule has 0 aliphatic heterocycles. The number of hydrogen-bond acceptors (Lipinski definition) is 1. The molecular weight excluding hydrogens is 329 g/mol. The van der Waals surface area contributed by atoms with Gasteiger partial charge in [-0.2, -0.15) is 0 Å². The van der Waals surface area contributed by atoms with Gasteiger partial charge in [-0.15, -0.1) is 0 Å². The Morgan fingerprint density at radius 3 is 2.73 bits per heavy atom. The fourth-order valence-corrected chi connectivity index (χ4v) is 1.64. The van der Waals surface area contributed by atoms with Gasteiger partial charge in [0.05, 0.1) is 5.56 Å². The number of amides is 1. The van der Waals surface area contributed by atoms with E-state index in [1.807, 2.05) is 0 Å². The second-order valence-electron chi connectivity index (χ2n) is 2.80. The van der Waals surface area contributed by atoms with E-state index in [4.69, 9.17) is 0 Å². The van der Waals surface area contributed by atoms with E-state index in [9.17, 15) is 9.18 Å². The summed E-state index contributed by atoms with van der Waals surface area (Å²) < 4.78 is 14.4. The smallest absolute Gasteiger partial charge is 0.255 e. The highest BCUT2D eigenvalue weighted by molar-refractivity contribution is 9.11. The summed E-state index contributed by atoms with van der Waals surface area (Å²) in [5.74, 6) is -1.03. The van der Waals surface area contributed by atoms with Crippen LogP contribution in [0.25, 0.3) is 0 Å². The lowest BCUT2D eigenvalue weighted by Crippen LogP contribution is -2.25. The summed E-state index contributed by atoms with van der Waals surface area (Å²) in [7, 11) is 0. The van der Waals surface area contributed by atoms with E-state index in [-0.39, 0.29) is 12.1 Å². The van der Waals surface area contributed by atoms with Crippen molar-refractivity contribution < 1.29 is 9.18 Å². The molecule has 0 fully saturated rings. The number of carbonyl (C=O) groups excluding carboxylic acids is 1. The number of benzene rings is 1. The van der Waals surface area contributed by atoms with Crippen molar-refractivity contribution in [3.8, 4) is 0 Å². The normalized spacial score (nSPS) is 9.80. The minimum absolute atomic E-state index is 0.00579. The van der Waals surface area contributed by atoms with Crippen LogP contribution in [-0.2, 0) is 0 Å². The van der Waals surface area contributed by atoms with Gasteiger partial charge in [-0.1, -0.05) is 28.6 Å². The first-order valence-corrected chi connectivity index (χ1v) is 5.66. The van der Waals surface area contributed by atoms with Crippen molar-refractivity contribution in [2.24, 2.45) is 0 Å². The quantitative estimate of drug-likeness (QED) is 0.902. The summed E-state index contributed by atoms with van der Waals surface area (Å²) in [4.78, 5) is 11.5. The number of nitrogens with one attached hydrogen (secondary N) is 1. The van der Waals surface area contributed by atoms with Crippen molar-refractivity contribution >= 4 is 37.8 Å². The van der Waals surface area contributed by atoms with E-state index in [1.54, 1.807) is 6.07 Å². The molecule has 1 amide bonds. The third kappa shape index (κ3) is 3.43. The molecule has 2 nitrogen and oxygen atoms in total. The van der Waals surface area contributed by atoms with Crippen LogP contribution in [0, 0.1) is 5.82 Å². The van der Waals surface area contributed by atoms with Gasteiger partial charge in [-0.05, 0) is 28.1 Å². The molecule has 0 saturated carbocycles. The maximum Gasteiger partial charge on any atom is 0.255 e. The average molecular weight is 337 g/mol. The van der Waals surface area contributed by atoms with Gasteiger partial charge in [0.1, 0.15) is 5.82 Å². The second kappa shape index (κ2) is 5.42. The molecule has 0 bridgehead atoms. The molecule has 1 aromatic rings. The maximum atomic E-state index is 13.3. The third-order valence-electron chi connectivity index (χ3n) is 1.63. The highest BCUT2D eigenvalue weighted by Crippen LogP contribution is 2.19. The molecule has 0 unspecified atom stereocenters. The molecule has 0 radical (unpaired) electrons. The Hall–Kier alpha value is -0.680. The summed E-state index contributed by atoms with van der Waals surface area (Å²) in [5, 5.41) is 2.52. The SMILES string of the molecule is C=C(Br)CNC(=O)c1c(F)cccc1Br. The van der Waals surface area contributed by atoms with Crippen molar-refractivity contribution in [3.63, 3.8) is 0 Å². The van der Waals surface area contributed by atoms with Gasteiger partial charge in [-0.3, -0.25) is 4.79 Å². The Labute approximate surface area is 104 Å². The van der Waals surface area contributed by atoms with E-state index in [0.717, 1.165) is 0 Å². The number of hydrogen-bond donors (Lipinski definition) is 1. The van der Waals surface area contributed by atoms with Gasteiger partial charge in [0.15, 0.2) is 0 Å². The standard InChI is InChI=1S/C10H8Br2FNO/c1-6(11)5-14-10(15)9-7(12)3-2-4-8(9)13/h2-4H,1,5H2,(H,14,15). The molecule has 0 spiro atoms. The average Bonchev–Trinajstić information content (AvgIpc) is 2.14. The van der Waals surface area contributed by atoms with Crippen LogP contribution in [0.3, 0.4) is 0 Å². The van der Waals surface area contributed by atoms with Gasteiger partial charge >= 0.3 is 0 Å². The van der Waals surface area contributed by atoms with E-state index in [0.29, 0.717) is 8.96 Å². The first-order valence-electron chi connectivity index (χ1n) is 4.08. The molecule has 0 aliphatic carbocycles. The molecule has 5 heteroatoms. The molecular formula is C10H8Br2FNO. The van der Waals surface area contributed by atoms with Crippen LogP contribution in [0.4, 0.5) is 4.39 Å². The Balaban J connectivity index is 2.86. The fourth-order valence-electron chi connectivity index (χ4n) is 0.979. The first-order chi connectivity index (χ1) is 7.02. The molecule has 15 heavy (non-hydrogen) atoms. The van der Waals surface area contributed by atoms with E-state index in [2.05, 4.69) is 43.8 Å². The summed E-state index contributed by atoms with van der Waals surface area (Å²) in [6.07, 6.45) is 0. The van der Waals surface area contributed by atoms with Gasteiger partial charge in [-0.25, -0.2) is 4.39 Å². The van der Waals surface area contributed by atoms with Crippen LogP contribution in [-0.4, -0.2) is 12.5 Å². The highest BCUT2D eigenvalue weighted by atomic mass is 79.9. The summed E-state index contributed by atoms with van der Waals surface area (Å²) in [5.41, 5.74) is 0.00579. The van der Waals surface area contributed by atoms with Crippen molar-refractivity contribution in [1.29, 1.82) is 0 Å². The van der Waals surface area contributed by atoms with Crippen LogP contribution in [0.2, 0.25) is 0 Å². The van der Waals surface area contributed by atoms with Gasteiger partial charge in [0.2, 0.25) is 0 Å². The predicted octanol–water partition coefficient (Wildman–Crippen LogP) is 3.23. The molecule has 1 N–H and O–H groups in total. The summed E-state index contributed by atoms with van der Waals surface area (Å²) in [6.45, 7) is 3.83. The zero-order chi connectivity index (χ0) is 11.4. The molecule has 0 atom stereocenters. The molecule has 0 aliphatic rings. The molecule has 1 aromatic carbocycles. The van der Waals surface area contributed by atoms with Crippen LogP contribution in [0.1, 0.15) is 10.4 Å². The van der Waals surface area contributed by atoms with Crippen molar-refractivity contribution in [2.45, 2.75) is 0 Å². The Bertz CT molecular complexity index is 386. The Morgan fingerprint density at radius 2 is 2.20 bits per heavy atom. The highest BCUT2D eigenvalue weighted by Gasteiger charge is 2.14. The van der Waals surface area contributed by atoms with Crippen LogP contribution >= 0.6 is 31.9 Å². The lowest BCUT2D eigenvalue weighted by Gasteiger charge is -2.06. The molecule has 1 rings (SSSR count). The first kappa shape index (κ1) is 12.4. The Kier molecular flexibility index (Phi) is 4.47. The van der Waals surface area contributed by atoms with Crippen molar-refractivity contribution in [1.82, 2.24) is 5.32 Å². The topological polar surface area (TPSA) is 29.1 Å². The second-order valence-corrected chi connectivity index (χ2v) is 4.77. The number of halogens is 3. The van der Waals surface area contributed by atoms with Gasteiger partial charge in [0.25, 0.3) is 5.91 Å². The largest absolute Gasteiger partial charge is 0.347 e. The zero-order valence-electron chi connectivity index (χ0n) is 7.69. The zero-order valence-corrected chi connectivity index (χ0v) is 10.9. The fraction of sp³-hybridized carbons (Fsp3) is 0.100. The van der Waals surface area contributed by atoms with E-state index in [1.165, 1.54) is 12.1 Å². The minimum Gasteiger partial charge on any atom is -0.347 e. The van der Waals surface area contributed by atoms with E-state index < -0.39 is 11.7 Å². The minimum atomic E-state index is -0.554. The lowest BCUT2D eigenvalue weighted by atomic mass is 10.2. The van der Waals surface area contributed by atoms with Gasteiger partial charge in [0, 0.05) is 15.5 Å². The molecule has 0 aromatic heterocycles. The monoisotopic (exact) mass is 335 g/mol. The summed E-state index contributed by atoms with van der Waals surface area (Å²) in [6, 6.07) is 4.38. The molecule has 0 saturated heterocycles. The van der Waals surface area contributed by atoms with Crippen LogP contribution in [0.15, 0.2) is 33.7 Å². The van der Waals surface area contributed by atoms with Crippen molar-refractivity contribution in [2.75, 3.05) is 6.54 Å². The lowest BCUT2D eigenvalue weighted by molar-refractivity contribution is 0.0953. The van der Waals surface area contributed by atoms with Crippen LogP contribution in [0.5, 0.6) is 0 Å². The molecule has 0 heterocycles. The molecule has 80 valence electrons. The maximum absolute atomic E-state index is 13.3. The van der Waals surface area contributed by atoms with Gasteiger partial charge < -0.3 is 5.32 Å².